The molecule has 1 aromatic carbocycles. The molecule has 0 bridgehead atoms. The van der Waals surface area contributed by atoms with Gasteiger partial charge in [0.25, 0.3) is 10.0 Å². The lowest BCUT2D eigenvalue weighted by molar-refractivity contribution is 0.387. The molecule has 0 fully saturated rings. The standard InChI is InChI=1S/C16H13ClN2O3S2/c17-12-5-3-11(4-6-12)16-13-10-19(8-7-14(13)18-22-16)24(20,21)15-2-1-9-23-15/h1-6,9H,7-8,10H2. The van der Waals surface area contributed by atoms with E-state index in [0.717, 1.165) is 16.8 Å². The topological polar surface area (TPSA) is 63.4 Å². The highest BCUT2D eigenvalue weighted by Crippen LogP contribution is 2.33. The van der Waals surface area contributed by atoms with Gasteiger partial charge in [-0.05, 0) is 35.7 Å². The zero-order valence-corrected chi connectivity index (χ0v) is 14.9. The van der Waals surface area contributed by atoms with Crippen molar-refractivity contribution >= 4 is 33.0 Å². The lowest BCUT2D eigenvalue weighted by atomic mass is 10.0. The van der Waals surface area contributed by atoms with Crippen LogP contribution >= 0.6 is 22.9 Å². The number of hydrogen-bond donors (Lipinski definition) is 0. The van der Waals surface area contributed by atoms with Gasteiger partial charge in [-0.25, -0.2) is 8.42 Å². The van der Waals surface area contributed by atoms with Crippen LogP contribution in [0.1, 0.15) is 11.3 Å². The number of fused-ring (bicyclic) bond motifs is 1. The van der Waals surface area contributed by atoms with E-state index in [-0.39, 0.29) is 6.54 Å². The maximum absolute atomic E-state index is 12.7. The first-order valence-electron chi connectivity index (χ1n) is 7.33. The smallest absolute Gasteiger partial charge is 0.252 e. The largest absolute Gasteiger partial charge is 0.356 e. The highest BCUT2D eigenvalue weighted by molar-refractivity contribution is 7.91. The average molecular weight is 381 g/mol. The summed E-state index contributed by atoms with van der Waals surface area (Å²) in [7, 11) is -3.48. The highest BCUT2D eigenvalue weighted by atomic mass is 35.5. The van der Waals surface area contributed by atoms with E-state index in [1.165, 1.54) is 15.6 Å². The van der Waals surface area contributed by atoms with E-state index >= 15 is 0 Å². The van der Waals surface area contributed by atoms with Crippen LogP contribution in [0.5, 0.6) is 0 Å². The van der Waals surface area contributed by atoms with Crippen molar-refractivity contribution in [2.75, 3.05) is 6.54 Å². The molecule has 0 aliphatic carbocycles. The number of hydrogen-bond acceptors (Lipinski definition) is 5. The fourth-order valence-corrected chi connectivity index (χ4v) is 5.44. The molecule has 0 radical (unpaired) electrons. The van der Waals surface area contributed by atoms with E-state index in [1.54, 1.807) is 29.6 Å². The van der Waals surface area contributed by atoms with Crippen LogP contribution in [0.15, 0.2) is 50.5 Å². The first kappa shape index (κ1) is 15.8. The van der Waals surface area contributed by atoms with E-state index in [9.17, 15) is 8.42 Å². The maximum Gasteiger partial charge on any atom is 0.252 e. The van der Waals surface area contributed by atoms with Gasteiger partial charge in [-0.1, -0.05) is 22.8 Å². The molecule has 0 atom stereocenters. The van der Waals surface area contributed by atoms with Crippen LogP contribution < -0.4 is 0 Å². The quantitative estimate of drug-likeness (QED) is 0.693. The van der Waals surface area contributed by atoms with Crippen molar-refractivity contribution in [3.63, 3.8) is 0 Å². The summed E-state index contributed by atoms with van der Waals surface area (Å²) in [6, 6.07) is 10.6. The number of thiophene rings is 1. The van der Waals surface area contributed by atoms with Crippen LogP contribution in [0.2, 0.25) is 5.02 Å². The molecule has 1 aliphatic heterocycles. The molecule has 5 nitrogen and oxygen atoms in total. The Morgan fingerprint density at radius 1 is 1.21 bits per heavy atom. The summed E-state index contributed by atoms with van der Waals surface area (Å²) in [4.78, 5) is 0. The maximum atomic E-state index is 12.7. The predicted octanol–water partition coefficient (Wildman–Crippen LogP) is 3.80. The van der Waals surface area contributed by atoms with Gasteiger partial charge in [0.15, 0.2) is 5.76 Å². The second kappa shape index (κ2) is 6.00. The summed E-state index contributed by atoms with van der Waals surface area (Å²) in [6.07, 6.45) is 0.539. The lowest BCUT2D eigenvalue weighted by Gasteiger charge is -2.25. The third kappa shape index (κ3) is 2.67. The first-order valence-corrected chi connectivity index (χ1v) is 10.0. The molecule has 124 valence electrons. The number of sulfonamides is 1. The van der Waals surface area contributed by atoms with Crippen molar-refractivity contribution < 1.29 is 12.9 Å². The number of rotatable bonds is 3. The van der Waals surface area contributed by atoms with Crippen molar-refractivity contribution in [3.05, 3.63) is 58.1 Å². The van der Waals surface area contributed by atoms with Gasteiger partial charge in [0.1, 0.15) is 4.21 Å². The monoisotopic (exact) mass is 380 g/mol. The minimum atomic E-state index is -3.48. The van der Waals surface area contributed by atoms with Crippen LogP contribution in [-0.2, 0) is 23.0 Å². The van der Waals surface area contributed by atoms with Crippen molar-refractivity contribution in [2.24, 2.45) is 0 Å². The Morgan fingerprint density at radius 3 is 2.71 bits per heavy atom. The van der Waals surface area contributed by atoms with Crippen molar-refractivity contribution in [3.8, 4) is 11.3 Å². The Bertz CT molecular complexity index is 963. The Labute approximate surface area is 148 Å². The molecule has 3 aromatic rings. The zero-order chi connectivity index (χ0) is 16.7. The Morgan fingerprint density at radius 2 is 2.00 bits per heavy atom. The van der Waals surface area contributed by atoms with E-state index in [1.807, 2.05) is 12.1 Å². The zero-order valence-electron chi connectivity index (χ0n) is 12.5. The van der Waals surface area contributed by atoms with Crippen molar-refractivity contribution in [1.29, 1.82) is 0 Å². The van der Waals surface area contributed by atoms with Crippen LogP contribution in [0.4, 0.5) is 0 Å². The third-order valence-corrected chi connectivity index (χ3v) is 7.47. The van der Waals surface area contributed by atoms with Gasteiger partial charge in [0.05, 0.1) is 5.69 Å². The molecular formula is C16H13ClN2O3S2. The first-order chi connectivity index (χ1) is 11.6. The normalized spacial score (nSPS) is 15.4. The molecule has 3 heterocycles. The molecule has 0 spiro atoms. The summed E-state index contributed by atoms with van der Waals surface area (Å²) >= 11 is 7.15. The summed E-state index contributed by atoms with van der Waals surface area (Å²) in [5, 5.41) is 6.51. The predicted molar refractivity (Wildman–Crippen MR) is 92.6 cm³/mol. The Kier molecular flexibility index (Phi) is 3.96. The fourth-order valence-electron chi connectivity index (χ4n) is 2.76. The number of benzene rings is 1. The van der Waals surface area contributed by atoms with Gasteiger partial charge in [-0.3, -0.25) is 0 Å². The van der Waals surface area contributed by atoms with Gasteiger partial charge < -0.3 is 4.52 Å². The summed E-state index contributed by atoms with van der Waals surface area (Å²) in [5.41, 5.74) is 2.48. The van der Waals surface area contributed by atoms with Crippen LogP contribution in [-0.4, -0.2) is 24.4 Å². The molecule has 4 rings (SSSR count). The van der Waals surface area contributed by atoms with Crippen LogP contribution in [0.25, 0.3) is 11.3 Å². The highest BCUT2D eigenvalue weighted by Gasteiger charge is 2.32. The summed E-state index contributed by atoms with van der Waals surface area (Å²) in [5.74, 6) is 0.604. The Balaban J connectivity index is 1.70. The minimum absolute atomic E-state index is 0.261. The summed E-state index contributed by atoms with van der Waals surface area (Å²) in [6.45, 7) is 0.664. The molecule has 8 heteroatoms. The van der Waals surface area contributed by atoms with Gasteiger partial charge >= 0.3 is 0 Å². The summed E-state index contributed by atoms with van der Waals surface area (Å²) < 4.78 is 32.8. The van der Waals surface area contributed by atoms with Crippen LogP contribution in [0.3, 0.4) is 0 Å². The van der Waals surface area contributed by atoms with E-state index in [2.05, 4.69) is 5.16 Å². The molecule has 0 N–H and O–H groups in total. The van der Waals surface area contributed by atoms with Crippen molar-refractivity contribution in [2.45, 2.75) is 17.2 Å². The van der Waals surface area contributed by atoms with E-state index in [0.29, 0.717) is 28.0 Å². The molecule has 1 aliphatic rings. The van der Waals surface area contributed by atoms with Gasteiger partial charge in [0, 0.05) is 35.7 Å². The second-order valence-corrected chi connectivity index (χ2v) is 9.01. The van der Waals surface area contributed by atoms with Gasteiger partial charge in [-0.2, -0.15) is 4.31 Å². The van der Waals surface area contributed by atoms with Crippen molar-refractivity contribution in [1.82, 2.24) is 9.46 Å². The van der Waals surface area contributed by atoms with E-state index in [4.69, 9.17) is 16.1 Å². The fraction of sp³-hybridized carbons (Fsp3) is 0.188. The minimum Gasteiger partial charge on any atom is -0.356 e. The third-order valence-electron chi connectivity index (χ3n) is 4.00. The lowest BCUT2D eigenvalue weighted by Crippen LogP contribution is -2.35. The van der Waals surface area contributed by atoms with Crippen LogP contribution in [0, 0.1) is 0 Å². The molecule has 0 unspecified atom stereocenters. The van der Waals surface area contributed by atoms with Gasteiger partial charge in [-0.15, -0.1) is 11.3 Å². The SMILES string of the molecule is O=S(=O)(c1cccs1)N1CCc2noc(-c3ccc(Cl)cc3)c2C1. The molecule has 2 aromatic heterocycles. The van der Waals surface area contributed by atoms with E-state index < -0.39 is 10.0 Å². The molecule has 0 saturated carbocycles. The molecule has 0 saturated heterocycles. The second-order valence-electron chi connectivity index (χ2n) is 5.46. The molecule has 24 heavy (non-hydrogen) atoms. The number of aromatic nitrogens is 1. The molecular weight excluding hydrogens is 368 g/mol. The number of halogens is 1. The average Bonchev–Trinajstić information content (AvgIpc) is 3.25. The number of nitrogens with zero attached hydrogens (tertiary/aromatic N) is 2. The molecule has 0 amide bonds. The van der Waals surface area contributed by atoms with Gasteiger partial charge in [0.2, 0.25) is 0 Å². The Hall–Kier alpha value is -1.67.